The van der Waals surface area contributed by atoms with Crippen molar-refractivity contribution in [1.82, 2.24) is 20.0 Å². The SMILES string of the molecule is CN(C)C(=O)N1C[C@@H]2C(=O)N(C)C3(CCNCC3)[C@@H]2C1.O=C(O)C(F)(F)F. The van der Waals surface area contributed by atoms with Crippen molar-refractivity contribution in [3.63, 3.8) is 0 Å². The van der Waals surface area contributed by atoms with Gasteiger partial charge < -0.3 is 25.1 Å². The number of hydrogen-bond donors (Lipinski definition) is 2. The maximum absolute atomic E-state index is 12.6. The average molecular weight is 394 g/mol. The Morgan fingerprint density at radius 2 is 1.74 bits per heavy atom. The number of hydrogen-bond acceptors (Lipinski definition) is 4. The zero-order valence-electron chi connectivity index (χ0n) is 15.5. The summed E-state index contributed by atoms with van der Waals surface area (Å²) in [5.41, 5.74) is -0.0334. The first-order valence-corrected chi connectivity index (χ1v) is 8.66. The fraction of sp³-hybridized carbons (Fsp3) is 0.812. The fourth-order valence-corrected chi connectivity index (χ4v) is 4.32. The number of urea groups is 1. The van der Waals surface area contributed by atoms with Gasteiger partial charge in [-0.25, -0.2) is 9.59 Å². The number of carboxylic acid groups (broad SMARTS) is 1. The Hall–Kier alpha value is -2.04. The molecule has 2 N–H and O–H groups in total. The van der Waals surface area contributed by atoms with Gasteiger partial charge in [0.1, 0.15) is 0 Å². The van der Waals surface area contributed by atoms with Gasteiger partial charge in [0, 0.05) is 40.2 Å². The quantitative estimate of drug-likeness (QED) is 0.622. The molecule has 0 aromatic carbocycles. The van der Waals surface area contributed by atoms with E-state index < -0.39 is 12.1 Å². The lowest BCUT2D eigenvalue weighted by molar-refractivity contribution is -0.192. The normalized spacial score (nSPS) is 26.5. The Morgan fingerprint density at radius 1 is 1.22 bits per heavy atom. The molecule has 1 spiro atoms. The lowest BCUT2D eigenvalue weighted by Gasteiger charge is -2.44. The standard InChI is InChI=1S/C14H24N4O2.C2HF3O2/c1-16(2)13(20)18-8-10-11(9-18)14(17(3)12(10)19)4-6-15-7-5-14;3-2(4,5)1(6)7/h10-11,15H,4-9H2,1-3H3;(H,6,7)/t10-,11+;/m0./s1. The summed E-state index contributed by atoms with van der Waals surface area (Å²) >= 11 is 0. The Labute approximate surface area is 155 Å². The highest BCUT2D eigenvalue weighted by Gasteiger charge is 2.60. The zero-order valence-corrected chi connectivity index (χ0v) is 15.5. The molecule has 0 saturated carbocycles. The minimum atomic E-state index is -5.08. The third kappa shape index (κ3) is 3.97. The number of nitrogens with one attached hydrogen (secondary N) is 1. The van der Waals surface area contributed by atoms with Gasteiger partial charge in [0.25, 0.3) is 0 Å². The second-order valence-corrected chi connectivity index (χ2v) is 7.35. The molecule has 0 unspecified atom stereocenters. The van der Waals surface area contributed by atoms with Gasteiger partial charge in [0.15, 0.2) is 0 Å². The third-order valence-electron chi connectivity index (χ3n) is 5.69. The molecule has 3 amide bonds. The van der Waals surface area contributed by atoms with Crippen LogP contribution < -0.4 is 5.32 Å². The molecule has 2 atom stereocenters. The van der Waals surface area contributed by atoms with Crippen LogP contribution in [-0.4, -0.2) is 96.8 Å². The molecule has 3 rings (SSSR count). The number of halogens is 3. The molecule has 8 nitrogen and oxygen atoms in total. The van der Waals surface area contributed by atoms with Gasteiger partial charge in [0.05, 0.1) is 11.5 Å². The molecule has 0 radical (unpaired) electrons. The smallest absolute Gasteiger partial charge is 0.475 e. The zero-order chi connectivity index (χ0) is 20.6. The second-order valence-electron chi connectivity index (χ2n) is 7.35. The first kappa shape index (κ1) is 21.3. The van der Waals surface area contributed by atoms with E-state index in [4.69, 9.17) is 9.90 Å². The molecule has 27 heavy (non-hydrogen) atoms. The number of likely N-dealkylation sites (tertiary alicyclic amines) is 2. The van der Waals surface area contributed by atoms with E-state index >= 15 is 0 Å². The largest absolute Gasteiger partial charge is 0.490 e. The van der Waals surface area contributed by atoms with Crippen LogP contribution in [0.4, 0.5) is 18.0 Å². The highest BCUT2D eigenvalue weighted by Crippen LogP contribution is 2.48. The number of carbonyl (C=O) groups excluding carboxylic acids is 2. The summed E-state index contributed by atoms with van der Waals surface area (Å²) in [4.78, 5) is 39.0. The van der Waals surface area contributed by atoms with Crippen molar-refractivity contribution in [3.8, 4) is 0 Å². The summed E-state index contributed by atoms with van der Waals surface area (Å²) in [5.74, 6) is -2.23. The van der Waals surface area contributed by atoms with Gasteiger partial charge in [0.2, 0.25) is 5.91 Å². The summed E-state index contributed by atoms with van der Waals surface area (Å²) < 4.78 is 31.7. The van der Waals surface area contributed by atoms with Crippen molar-refractivity contribution < 1.29 is 32.7 Å². The molecular weight excluding hydrogens is 369 g/mol. The summed E-state index contributed by atoms with van der Waals surface area (Å²) in [6, 6.07) is 0.0268. The van der Waals surface area contributed by atoms with Crippen LogP contribution in [0.2, 0.25) is 0 Å². The van der Waals surface area contributed by atoms with Crippen LogP contribution in [0.3, 0.4) is 0 Å². The molecule has 3 aliphatic heterocycles. The first-order chi connectivity index (χ1) is 12.4. The van der Waals surface area contributed by atoms with Gasteiger partial charge in [-0.05, 0) is 25.9 Å². The predicted molar refractivity (Wildman–Crippen MR) is 88.9 cm³/mol. The number of aliphatic carboxylic acids is 1. The molecule has 0 aromatic heterocycles. The monoisotopic (exact) mass is 394 g/mol. The van der Waals surface area contributed by atoms with Crippen molar-refractivity contribution in [3.05, 3.63) is 0 Å². The number of carbonyl (C=O) groups is 3. The Kier molecular flexibility index (Phi) is 5.93. The van der Waals surface area contributed by atoms with Crippen LogP contribution in [0.1, 0.15) is 12.8 Å². The van der Waals surface area contributed by atoms with E-state index in [1.54, 1.807) is 19.0 Å². The topological polar surface area (TPSA) is 93.2 Å². The van der Waals surface area contributed by atoms with Crippen molar-refractivity contribution in [1.29, 1.82) is 0 Å². The number of nitrogens with zero attached hydrogens (tertiary/aromatic N) is 3. The van der Waals surface area contributed by atoms with E-state index in [0.717, 1.165) is 32.5 Å². The van der Waals surface area contributed by atoms with Crippen LogP contribution in [0.25, 0.3) is 0 Å². The fourth-order valence-electron chi connectivity index (χ4n) is 4.32. The van der Waals surface area contributed by atoms with Crippen LogP contribution in [0.15, 0.2) is 0 Å². The third-order valence-corrected chi connectivity index (χ3v) is 5.69. The average Bonchev–Trinajstić information content (AvgIpc) is 3.11. The minimum Gasteiger partial charge on any atom is -0.475 e. The number of amides is 3. The van der Waals surface area contributed by atoms with Crippen LogP contribution in [0.5, 0.6) is 0 Å². The molecule has 3 heterocycles. The first-order valence-electron chi connectivity index (χ1n) is 8.66. The molecule has 11 heteroatoms. The van der Waals surface area contributed by atoms with E-state index in [1.165, 1.54) is 0 Å². The number of alkyl halides is 3. The van der Waals surface area contributed by atoms with E-state index in [1.807, 2.05) is 16.8 Å². The Bertz CT molecular complexity index is 605. The number of piperidine rings is 1. The van der Waals surface area contributed by atoms with Gasteiger partial charge in [-0.2, -0.15) is 13.2 Å². The van der Waals surface area contributed by atoms with Gasteiger partial charge >= 0.3 is 18.2 Å². The van der Waals surface area contributed by atoms with Crippen molar-refractivity contribution in [2.24, 2.45) is 11.8 Å². The Balaban J connectivity index is 0.000000321. The molecule has 0 aliphatic carbocycles. The maximum atomic E-state index is 12.6. The van der Waals surface area contributed by atoms with E-state index in [0.29, 0.717) is 12.5 Å². The van der Waals surface area contributed by atoms with Gasteiger partial charge in [-0.15, -0.1) is 0 Å². The van der Waals surface area contributed by atoms with E-state index in [2.05, 4.69) is 5.32 Å². The minimum absolute atomic E-state index is 0.00185. The van der Waals surface area contributed by atoms with Gasteiger partial charge in [-0.1, -0.05) is 0 Å². The second kappa shape index (κ2) is 7.53. The van der Waals surface area contributed by atoms with Gasteiger partial charge in [-0.3, -0.25) is 4.79 Å². The van der Waals surface area contributed by atoms with Crippen molar-refractivity contribution in [2.75, 3.05) is 47.3 Å². The summed E-state index contributed by atoms with van der Waals surface area (Å²) in [5, 5.41) is 10.5. The van der Waals surface area contributed by atoms with Crippen LogP contribution in [0, 0.1) is 11.8 Å². The lowest BCUT2D eigenvalue weighted by atomic mass is 9.75. The molecule has 3 saturated heterocycles. The molecule has 0 aromatic rings. The summed E-state index contributed by atoms with van der Waals surface area (Å²) in [6.07, 6.45) is -3.08. The van der Waals surface area contributed by atoms with Crippen LogP contribution >= 0.6 is 0 Å². The molecule has 3 fully saturated rings. The molecule has 0 bridgehead atoms. The molecule has 154 valence electrons. The summed E-state index contributed by atoms with van der Waals surface area (Å²) in [6.45, 7) is 3.22. The lowest BCUT2D eigenvalue weighted by Crippen LogP contribution is -2.55. The Morgan fingerprint density at radius 3 is 2.19 bits per heavy atom. The van der Waals surface area contributed by atoms with Crippen molar-refractivity contribution >= 4 is 17.9 Å². The maximum Gasteiger partial charge on any atom is 0.490 e. The number of rotatable bonds is 0. The predicted octanol–water partition coefficient (Wildman–Crippen LogP) is 0.444. The number of fused-ring (bicyclic) bond motifs is 2. The molecule has 3 aliphatic rings. The van der Waals surface area contributed by atoms with Crippen LogP contribution in [-0.2, 0) is 9.59 Å². The van der Waals surface area contributed by atoms with E-state index in [9.17, 15) is 22.8 Å². The van der Waals surface area contributed by atoms with Crippen molar-refractivity contribution in [2.45, 2.75) is 24.6 Å². The number of carboxylic acids is 1. The summed E-state index contributed by atoms with van der Waals surface area (Å²) in [7, 11) is 5.49. The highest BCUT2D eigenvalue weighted by atomic mass is 19.4. The molecular formula is C16H25F3N4O4. The highest BCUT2D eigenvalue weighted by molar-refractivity contribution is 5.85. The van der Waals surface area contributed by atoms with E-state index in [-0.39, 0.29) is 23.4 Å².